The van der Waals surface area contributed by atoms with Gasteiger partial charge in [0.1, 0.15) is 0 Å². The van der Waals surface area contributed by atoms with Crippen molar-refractivity contribution >= 4 is 23.1 Å². The van der Waals surface area contributed by atoms with Crippen molar-refractivity contribution in [1.29, 1.82) is 0 Å². The molecule has 3 heteroatoms. The molecular formula is C9H11ClMgO. The number of hydrogen-bond acceptors (Lipinski definition) is 1. The fourth-order valence-electron chi connectivity index (χ4n) is 0.852. The zero-order valence-corrected chi connectivity index (χ0v) is 9.60. The Morgan fingerprint density at radius 3 is 2.33 bits per heavy atom. The summed E-state index contributed by atoms with van der Waals surface area (Å²) >= 11 is 0. The fourth-order valence-corrected chi connectivity index (χ4v) is 0.852. The zero-order chi connectivity index (χ0) is 7.56. The second-order valence-electron chi connectivity index (χ2n) is 2.32. The number of methoxy groups -OCH3 is 1. The van der Waals surface area contributed by atoms with E-state index in [1.807, 2.05) is 25.1 Å². The van der Waals surface area contributed by atoms with Gasteiger partial charge < -0.3 is 17.1 Å². The molecule has 0 N–H and O–H groups in total. The standard InChI is InChI=1S/C9H11O.ClH.Mg/c1-7-4-5-8(2)9(6-7)10-3;;/h4-6H,2H2,1,3H3;1H;/q-1;;+2/p-1. The number of benzene rings is 1. The molecule has 1 aromatic carbocycles. The topological polar surface area (TPSA) is 9.23 Å². The molecular weight excluding hydrogens is 184 g/mol. The predicted molar refractivity (Wildman–Crippen MR) is 47.9 cm³/mol. The van der Waals surface area contributed by atoms with Crippen LogP contribution in [0.1, 0.15) is 11.1 Å². The van der Waals surface area contributed by atoms with Gasteiger partial charge in [0.25, 0.3) is 0 Å². The maximum Gasteiger partial charge on any atom is 2.00 e. The van der Waals surface area contributed by atoms with E-state index in [9.17, 15) is 0 Å². The van der Waals surface area contributed by atoms with E-state index in [-0.39, 0.29) is 35.5 Å². The monoisotopic (exact) mass is 194 g/mol. The molecule has 12 heavy (non-hydrogen) atoms. The van der Waals surface area contributed by atoms with Crippen molar-refractivity contribution in [3.05, 3.63) is 36.2 Å². The van der Waals surface area contributed by atoms with Gasteiger partial charge >= 0.3 is 23.1 Å². The molecule has 0 bridgehead atoms. The quantitative estimate of drug-likeness (QED) is 0.404. The minimum absolute atomic E-state index is 0. The van der Waals surface area contributed by atoms with Crippen LogP contribution in [-0.2, 0) is 0 Å². The minimum atomic E-state index is 0. The Morgan fingerprint density at radius 2 is 1.92 bits per heavy atom. The van der Waals surface area contributed by atoms with Gasteiger partial charge in [-0.1, -0.05) is 11.6 Å². The van der Waals surface area contributed by atoms with Crippen LogP contribution in [0.15, 0.2) is 18.2 Å². The van der Waals surface area contributed by atoms with Crippen LogP contribution in [0, 0.1) is 13.8 Å². The molecule has 0 saturated carbocycles. The molecule has 0 heterocycles. The summed E-state index contributed by atoms with van der Waals surface area (Å²) in [6, 6.07) is 5.95. The Hall–Kier alpha value is -0.0538. The largest absolute Gasteiger partial charge is 2.00 e. The molecule has 0 aliphatic carbocycles. The predicted octanol–water partition coefficient (Wildman–Crippen LogP) is -1.19. The maximum absolute atomic E-state index is 5.06. The smallest absolute Gasteiger partial charge is 1.00 e. The number of aryl methyl sites for hydroxylation is 1. The Labute approximate surface area is 96.1 Å². The molecule has 0 saturated heterocycles. The van der Waals surface area contributed by atoms with Crippen molar-refractivity contribution in [2.75, 3.05) is 7.11 Å². The summed E-state index contributed by atoms with van der Waals surface area (Å²) in [5, 5.41) is 0. The van der Waals surface area contributed by atoms with Crippen molar-refractivity contribution in [2.45, 2.75) is 6.92 Å². The van der Waals surface area contributed by atoms with E-state index >= 15 is 0 Å². The summed E-state index contributed by atoms with van der Waals surface area (Å²) in [6.45, 7) is 5.84. The average Bonchev–Trinajstić information content (AvgIpc) is 1.94. The van der Waals surface area contributed by atoms with Gasteiger partial charge in [0.15, 0.2) is 0 Å². The first-order chi connectivity index (χ1) is 4.74. The van der Waals surface area contributed by atoms with Crippen molar-refractivity contribution < 1.29 is 17.1 Å². The minimum Gasteiger partial charge on any atom is -1.00 e. The molecule has 0 aliphatic rings. The van der Waals surface area contributed by atoms with Gasteiger partial charge in [0.05, 0.1) is 7.11 Å². The van der Waals surface area contributed by atoms with Crippen LogP contribution in [0.25, 0.3) is 0 Å². The van der Waals surface area contributed by atoms with Crippen LogP contribution in [-0.4, -0.2) is 30.2 Å². The van der Waals surface area contributed by atoms with E-state index in [1.54, 1.807) is 7.11 Å². The molecule has 1 rings (SSSR count). The fraction of sp³-hybridized carbons (Fsp3) is 0.222. The SMILES string of the molecule is [CH2-]c1ccc(C)cc1OC.[Cl-].[Mg+2]. The summed E-state index contributed by atoms with van der Waals surface area (Å²) in [5.74, 6) is 0.861. The molecule has 1 aromatic rings. The normalized spacial score (nSPS) is 7.83. The molecule has 1 nitrogen and oxygen atoms in total. The first-order valence-electron chi connectivity index (χ1n) is 3.20. The Bertz CT molecular complexity index is 238. The van der Waals surface area contributed by atoms with E-state index in [1.165, 1.54) is 5.56 Å². The van der Waals surface area contributed by atoms with Crippen LogP contribution in [0.3, 0.4) is 0 Å². The summed E-state index contributed by atoms with van der Waals surface area (Å²) in [5.41, 5.74) is 2.14. The van der Waals surface area contributed by atoms with Gasteiger partial charge in [-0.15, -0.1) is 6.07 Å². The summed E-state index contributed by atoms with van der Waals surface area (Å²) < 4.78 is 5.06. The van der Waals surface area contributed by atoms with E-state index in [4.69, 9.17) is 4.74 Å². The number of hydrogen-bond donors (Lipinski definition) is 0. The van der Waals surface area contributed by atoms with E-state index in [0.717, 1.165) is 11.3 Å². The number of rotatable bonds is 1. The van der Waals surface area contributed by atoms with E-state index in [0.29, 0.717) is 0 Å². The number of ether oxygens (including phenoxy) is 1. The van der Waals surface area contributed by atoms with Gasteiger partial charge in [0, 0.05) is 5.75 Å². The third-order valence-electron chi connectivity index (χ3n) is 1.44. The average molecular weight is 195 g/mol. The van der Waals surface area contributed by atoms with Gasteiger partial charge in [-0.05, 0) is 6.92 Å². The van der Waals surface area contributed by atoms with Gasteiger partial charge in [-0.3, -0.25) is 0 Å². The number of halogens is 1. The van der Waals surface area contributed by atoms with E-state index in [2.05, 4.69) is 6.92 Å². The summed E-state index contributed by atoms with van der Waals surface area (Å²) in [6.07, 6.45) is 0. The van der Waals surface area contributed by atoms with Gasteiger partial charge in [-0.25, -0.2) is 0 Å². The molecule has 0 radical (unpaired) electrons. The van der Waals surface area contributed by atoms with Crippen LogP contribution in [0.4, 0.5) is 0 Å². The van der Waals surface area contributed by atoms with Crippen LogP contribution < -0.4 is 17.1 Å². The van der Waals surface area contributed by atoms with Gasteiger partial charge in [-0.2, -0.15) is 18.6 Å². The Balaban J connectivity index is 0. The maximum atomic E-state index is 5.06. The first-order valence-corrected chi connectivity index (χ1v) is 3.20. The third kappa shape index (κ3) is 3.56. The first kappa shape index (κ1) is 14.5. The van der Waals surface area contributed by atoms with Crippen molar-refractivity contribution in [1.82, 2.24) is 0 Å². The van der Waals surface area contributed by atoms with Crippen molar-refractivity contribution in [3.63, 3.8) is 0 Å². The second kappa shape index (κ2) is 6.46. The molecule has 0 aromatic heterocycles. The Kier molecular flexibility index (Phi) is 7.79. The molecule has 0 amide bonds. The molecule has 62 valence electrons. The third-order valence-corrected chi connectivity index (χ3v) is 1.44. The second-order valence-corrected chi connectivity index (χ2v) is 2.32. The summed E-state index contributed by atoms with van der Waals surface area (Å²) in [4.78, 5) is 0. The van der Waals surface area contributed by atoms with Crippen LogP contribution in [0.2, 0.25) is 0 Å². The van der Waals surface area contributed by atoms with Gasteiger partial charge in [0.2, 0.25) is 0 Å². The van der Waals surface area contributed by atoms with Crippen molar-refractivity contribution in [3.8, 4) is 5.75 Å². The molecule has 0 atom stereocenters. The molecule has 0 unspecified atom stereocenters. The van der Waals surface area contributed by atoms with Crippen LogP contribution >= 0.6 is 0 Å². The van der Waals surface area contributed by atoms with Crippen molar-refractivity contribution in [2.24, 2.45) is 0 Å². The summed E-state index contributed by atoms with van der Waals surface area (Å²) in [7, 11) is 1.66. The molecule has 0 aliphatic heterocycles. The van der Waals surface area contributed by atoms with E-state index < -0.39 is 0 Å². The zero-order valence-electron chi connectivity index (χ0n) is 7.43. The van der Waals surface area contributed by atoms with Crippen LogP contribution in [0.5, 0.6) is 5.75 Å². The Morgan fingerprint density at radius 1 is 1.33 bits per heavy atom. The molecule has 0 spiro atoms. The molecule has 0 fully saturated rings.